The third-order valence-electron chi connectivity index (χ3n) is 7.93. The number of carbonyl (C=O) groups is 1. The van der Waals surface area contributed by atoms with Crippen LogP contribution in [0.25, 0.3) is 22.0 Å². The predicted octanol–water partition coefficient (Wildman–Crippen LogP) is 5.53. The molecule has 0 saturated carbocycles. The summed E-state index contributed by atoms with van der Waals surface area (Å²) in [6.07, 6.45) is 3.93. The van der Waals surface area contributed by atoms with Crippen LogP contribution < -0.4 is 5.73 Å². The van der Waals surface area contributed by atoms with Gasteiger partial charge in [-0.25, -0.2) is 4.98 Å². The lowest BCUT2D eigenvalue weighted by Gasteiger charge is -2.38. The Balaban J connectivity index is 1.37. The largest absolute Gasteiger partial charge is 0.384 e. The van der Waals surface area contributed by atoms with Crippen LogP contribution in [0.15, 0.2) is 60.8 Å². The van der Waals surface area contributed by atoms with Crippen molar-refractivity contribution in [2.45, 2.75) is 45.2 Å². The summed E-state index contributed by atoms with van der Waals surface area (Å²) in [4.78, 5) is 25.3. The highest BCUT2D eigenvalue weighted by Crippen LogP contribution is 2.35. The molecule has 39 heavy (non-hydrogen) atoms. The fourth-order valence-corrected chi connectivity index (χ4v) is 5.66. The van der Waals surface area contributed by atoms with E-state index in [1.54, 1.807) is 31.3 Å². The van der Waals surface area contributed by atoms with Crippen molar-refractivity contribution in [3.05, 3.63) is 88.7 Å². The number of hydrogen-bond donors (Lipinski definition) is 1. The molecule has 1 fully saturated rings. The lowest BCUT2D eigenvalue weighted by atomic mass is 9.85. The molecule has 2 aromatic carbocycles. The Hall–Kier alpha value is -4.28. The van der Waals surface area contributed by atoms with Gasteiger partial charge in [0.1, 0.15) is 11.9 Å². The summed E-state index contributed by atoms with van der Waals surface area (Å²) in [5.41, 5.74) is 13.3. The van der Waals surface area contributed by atoms with E-state index < -0.39 is 0 Å². The van der Waals surface area contributed by atoms with Crippen molar-refractivity contribution in [1.29, 1.82) is 5.26 Å². The molecule has 7 nitrogen and oxygen atoms in total. The van der Waals surface area contributed by atoms with Gasteiger partial charge in [-0.2, -0.15) is 5.26 Å². The molecule has 4 aromatic rings. The second-order valence-electron chi connectivity index (χ2n) is 10.8. The first-order valence-electron chi connectivity index (χ1n) is 13.4. The van der Waals surface area contributed by atoms with Crippen molar-refractivity contribution >= 4 is 22.6 Å². The highest BCUT2D eigenvalue weighted by molar-refractivity contribution is 5.96. The molecule has 2 atom stereocenters. The predicted molar refractivity (Wildman–Crippen MR) is 155 cm³/mol. The van der Waals surface area contributed by atoms with E-state index in [2.05, 4.69) is 59.1 Å². The number of nitrogens with zero attached hydrogens (tertiary/aromatic N) is 5. The van der Waals surface area contributed by atoms with Crippen molar-refractivity contribution in [3.8, 4) is 17.2 Å². The number of aromatic nitrogens is 2. The number of anilines is 1. The molecule has 7 heteroatoms. The van der Waals surface area contributed by atoms with Gasteiger partial charge in [0.2, 0.25) is 0 Å². The van der Waals surface area contributed by atoms with E-state index in [-0.39, 0.29) is 5.91 Å². The van der Waals surface area contributed by atoms with Gasteiger partial charge in [0, 0.05) is 49.4 Å². The van der Waals surface area contributed by atoms with Gasteiger partial charge in [0.05, 0.1) is 5.52 Å². The second kappa shape index (κ2) is 10.8. The van der Waals surface area contributed by atoms with Gasteiger partial charge in [-0.05, 0) is 104 Å². The number of carbonyl (C=O) groups excluding carboxylic acids is 1. The molecular weight excluding hydrogens is 484 g/mol. The summed E-state index contributed by atoms with van der Waals surface area (Å²) >= 11 is 0. The van der Waals surface area contributed by atoms with Crippen LogP contribution in [0, 0.1) is 18.3 Å². The van der Waals surface area contributed by atoms with Crippen molar-refractivity contribution < 1.29 is 4.79 Å². The van der Waals surface area contributed by atoms with Gasteiger partial charge in [-0.1, -0.05) is 12.1 Å². The number of piperidine rings is 1. The van der Waals surface area contributed by atoms with Gasteiger partial charge in [0.25, 0.3) is 5.91 Å². The molecular formula is C32H34N6O. The molecule has 2 N–H and O–H groups in total. The topological polar surface area (TPSA) is 99.1 Å². The van der Waals surface area contributed by atoms with E-state index in [9.17, 15) is 10.1 Å². The van der Waals surface area contributed by atoms with Crippen LogP contribution in [0.5, 0.6) is 0 Å². The third-order valence-corrected chi connectivity index (χ3v) is 7.93. The Morgan fingerprint density at radius 3 is 2.59 bits per heavy atom. The number of amides is 1. The minimum absolute atomic E-state index is 0.0327. The van der Waals surface area contributed by atoms with Crippen LogP contribution in [0.2, 0.25) is 0 Å². The van der Waals surface area contributed by atoms with Crippen LogP contribution >= 0.6 is 0 Å². The molecule has 0 radical (unpaired) electrons. The first kappa shape index (κ1) is 26.3. The van der Waals surface area contributed by atoms with Crippen LogP contribution in [-0.4, -0.2) is 52.4 Å². The van der Waals surface area contributed by atoms with Crippen LogP contribution in [0.1, 0.15) is 58.4 Å². The average Bonchev–Trinajstić information content (AvgIpc) is 2.93. The van der Waals surface area contributed by atoms with E-state index in [0.29, 0.717) is 23.5 Å². The van der Waals surface area contributed by atoms with E-state index in [1.807, 2.05) is 24.3 Å². The highest BCUT2D eigenvalue weighted by Gasteiger charge is 2.27. The number of fused-ring (bicyclic) bond motifs is 1. The van der Waals surface area contributed by atoms with Gasteiger partial charge in [-0.15, -0.1) is 0 Å². The maximum atomic E-state index is 12.3. The summed E-state index contributed by atoms with van der Waals surface area (Å²) in [6.45, 7) is 6.30. The molecule has 2 aromatic heterocycles. The first-order chi connectivity index (χ1) is 18.7. The number of nitrogen functional groups attached to an aromatic ring is 1. The number of likely N-dealkylation sites (tertiary alicyclic amines) is 1. The van der Waals surface area contributed by atoms with Crippen LogP contribution in [0.4, 0.5) is 5.82 Å². The Morgan fingerprint density at radius 1 is 1.13 bits per heavy atom. The van der Waals surface area contributed by atoms with Gasteiger partial charge in [0.15, 0.2) is 5.69 Å². The second-order valence-corrected chi connectivity index (χ2v) is 10.8. The molecule has 1 amide bonds. The zero-order chi connectivity index (χ0) is 27.7. The molecule has 1 saturated heterocycles. The lowest BCUT2D eigenvalue weighted by molar-refractivity contribution is 0.0827. The Bertz CT molecular complexity index is 1570. The number of nitriles is 1. The van der Waals surface area contributed by atoms with Crippen molar-refractivity contribution in [2.24, 2.45) is 0 Å². The summed E-state index contributed by atoms with van der Waals surface area (Å²) < 4.78 is 0. The minimum Gasteiger partial charge on any atom is -0.384 e. The monoisotopic (exact) mass is 518 g/mol. The van der Waals surface area contributed by atoms with Crippen molar-refractivity contribution in [1.82, 2.24) is 19.8 Å². The average molecular weight is 519 g/mol. The SMILES string of the molecule is Cc1cc2nccc(-c3ccc(N)nc3C#N)c2cc1CN1CC[C@H](c2ccc(C(=O)N(C)C)cc2)C[C@H]1C. The molecule has 198 valence electrons. The standard InChI is InChI=1S/C32H34N6O/c1-20-15-29-28(26(11-13-35-29)27-9-10-31(34)36-30(27)18-33)17-25(20)19-38-14-12-24(16-21(38)2)22-5-7-23(8-6-22)32(39)37(3)4/h5-11,13,15,17,21,24H,12,14,16,19H2,1-4H3,(H2,34,36)/t21-,24+/m1/s1. The molecule has 0 unspecified atom stereocenters. The number of pyridine rings is 2. The Kier molecular flexibility index (Phi) is 7.32. The summed E-state index contributed by atoms with van der Waals surface area (Å²) in [7, 11) is 3.56. The normalized spacial score (nSPS) is 17.6. The van der Waals surface area contributed by atoms with Gasteiger partial charge in [-0.3, -0.25) is 14.7 Å². The molecule has 0 aliphatic carbocycles. The molecule has 0 bridgehead atoms. The van der Waals surface area contributed by atoms with E-state index >= 15 is 0 Å². The third kappa shape index (κ3) is 5.34. The van der Waals surface area contributed by atoms with Gasteiger partial charge >= 0.3 is 0 Å². The Morgan fingerprint density at radius 2 is 1.90 bits per heavy atom. The lowest BCUT2D eigenvalue weighted by Crippen LogP contribution is -2.39. The number of benzene rings is 2. The smallest absolute Gasteiger partial charge is 0.253 e. The molecule has 1 aliphatic rings. The minimum atomic E-state index is 0.0327. The van der Waals surface area contributed by atoms with E-state index in [4.69, 9.17) is 5.73 Å². The van der Waals surface area contributed by atoms with Crippen LogP contribution in [0.3, 0.4) is 0 Å². The number of rotatable bonds is 5. The van der Waals surface area contributed by atoms with E-state index in [0.717, 1.165) is 53.5 Å². The van der Waals surface area contributed by atoms with Crippen LogP contribution in [-0.2, 0) is 6.54 Å². The fourth-order valence-electron chi connectivity index (χ4n) is 5.66. The highest BCUT2D eigenvalue weighted by atomic mass is 16.2. The molecule has 1 aliphatic heterocycles. The van der Waals surface area contributed by atoms with Crippen molar-refractivity contribution in [3.63, 3.8) is 0 Å². The Labute approximate surface area is 229 Å². The first-order valence-corrected chi connectivity index (χ1v) is 13.4. The number of hydrogen-bond acceptors (Lipinski definition) is 6. The molecule has 5 rings (SSSR count). The maximum absolute atomic E-state index is 12.3. The number of aryl methyl sites for hydroxylation is 1. The zero-order valence-electron chi connectivity index (χ0n) is 23.0. The van der Waals surface area contributed by atoms with E-state index in [1.165, 1.54) is 16.7 Å². The summed E-state index contributed by atoms with van der Waals surface area (Å²) in [5, 5.41) is 10.7. The van der Waals surface area contributed by atoms with Crippen molar-refractivity contribution in [2.75, 3.05) is 26.4 Å². The molecule has 0 spiro atoms. The summed E-state index contributed by atoms with van der Waals surface area (Å²) in [5.74, 6) is 0.849. The van der Waals surface area contributed by atoms with Gasteiger partial charge < -0.3 is 10.6 Å². The molecule has 3 heterocycles. The summed E-state index contributed by atoms with van der Waals surface area (Å²) in [6, 6.07) is 20.7. The zero-order valence-corrected chi connectivity index (χ0v) is 23.0. The number of nitrogens with two attached hydrogens (primary N) is 1. The quantitative estimate of drug-likeness (QED) is 0.373. The maximum Gasteiger partial charge on any atom is 0.253 e. The fraction of sp³-hybridized carbons (Fsp3) is 0.312.